The largest absolute Gasteiger partial charge is 0.310 e. The maximum Gasteiger partial charge on any atom is 0.269 e. The van der Waals surface area contributed by atoms with Gasteiger partial charge in [0.2, 0.25) is 0 Å². The first kappa shape index (κ1) is 15.9. The maximum atomic E-state index is 10.6. The van der Waals surface area contributed by atoms with Crippen molar-refractivity contribution < 1.29 is 4.92 Å². The Bertz CT molecular complexity index is 597. The highest BCUT2D eigenvalue weighted by Gasteiger charge is 2.06. The summed E-state index contributed by atoms with van der Waals surface area (Å²) in [4.78, 5) is 10.2. The Morgan fingerprint density at radius 1 is 1.14 bits per heavy atom. The van der Waals surface area contributed by atoms with Crippen LogP contribution in [0.4, 0.5) is 5.69 Å². The second-order valence-corrected chi connectivity index (χ2v) is 6.15. The zero-order chi connectivity index (χ0) is 15.2. The Balaban J connectivity index is 1.83. The zero-order valence-electron chi connectivity index (χ0n) is 11.8. The van der Waals surface area contributed by atoms with E-state index in [4.69, 9.17) is 0 Å². The predicted octanol–water partition coefficient (Wildman–Crippen LogP) is 4.09. The van der Waals surface area contributed by atoms with E-state index in [1.807, 2.05) is 12.1 Å². The molecule has 21 heavy (non-hydrogen) atoms. The molecular formula is C16H17IN2O2. The highest BCUT2D eigenvalue weighted by atomic mass is 127. The van der Waals surface area contributed by atoms with E-state index in [2.05, 4.69) is 59.1 Å². The molecule has 0 aliphatic heterocycles. The van der Waals surface area contributed by atoms with E-state index in [9.17, 15) is 10.1 Å². The van der Waals surface area contributed by atoms with Gasteiger partial charge in [0.25, 0.3) is 5.69 Å². The van der Waals surface area contributed by atoms with Gasteiger partial charge in [0.05, 0.1) is 4.92 Å². The highest BCUT2D eigenvalue weighted by molar-refractivity contribution is 14.1. The Kier molecular flexibility index (Phi) is 5.69. The summed E-state index contributed by atoms with van der Waals surface area (Å²) < 4.78 is 1.23. The third-order valence-corrected chi connectivity index (χ3v) is 4.10. The number of rotatable bonds is 6. The monoisotopic (exact) mass is 396 g/mol. The number of hydrogen-bond donors (Lipinski definition) is 1. The minimum absolute atomic E-state index is 0.138. The second kappa shape index (κ2) is 7.51. The van der Waals surface area contributed by atoms with E-state index in [1.165, 1.54) is 9.13 Å². The molecule has 2 aromatic carbocycles. The molecule has 2 rings (SSSR count). The van der Waals surface area contributed by atoms with Crippen molar-refractivity contribution in [2.75, 3.05) is 6.54 Å². The summed E-state index contributed by atoms with van der Waals surface area (Å²) in [7, 11) is 0. The third-order valence-electron chi connectivity index (χ3n) is 3.38. The van der Waals surface area contributed by atoms with Crippen LogP contribution in [0.3, 0.4) is 0 Å². The molecule has 0 radical (unpaired) electrons. The van der Waals surface area contributed by atoms with Gasteiger partial charge in [-0.1, -0.05) is 24.3 Å². The molecule has 110 valence electrons. The summed E-state index contributed by atoms with van der Waals surface area (Å²) in [6.45, 7) is 2.98. The summed E-state index contributed by atoms with van der Waals surface area (Å²) in [5.74, 6) is 0. The molecule has 0 aliphatic rings. The maximum absolute atomic E-state index is 10.6. The van der Waals surface area contributed by atoms with Gasteiger partial charge in [0.1, 0.15) is 0 Å². The minimum atomic E-state index is -0.374. The van der Waals surface area contributed by atoms with Crippen molar-refractivity contribution in [3.05, 3.63) is 73.3 Å². The molecular weight excluding hydrogens is 379 g/mol. The molecule has 0 bridgehead atoms. The molecule has 0 saturated heterocycles. The molecule has 0 spiro atoms. The molecule has 0 fully saturated rings. The first-order valence-corrected chi connectivity index (χ1v) is 7.86. The summed E-state index contributed by atoms with van der Waals surface area (Å²) in [5, 5.41) is 14.1. The quantitative estimate of drug-likeness (QED) is 0.455. The summed E-state index contributed by atoms with van der Waals surface area (Å²) in [6.07, 6.45) is 0.854. The van der Waals surface area contributed by atoms with Gasteiger partial charge in [0.15, 0.2) is 0 Å². The molecule has 0 heterocycles. The van der Waals surface area contributed by atoms with E-state index in [0.29, 0.717) is 6.04 Å². The van der Waals surface area contributed by atoms with E-state index < -0.39 is 0 Å². The molecule has 0 amide bonds. The van der Waals surface area contributed by atoms with E-state index >= 15 is 0 Å². The Morgan fingerprint density at radius 3 is 2.33 bits per heavy atom. The standard InChI is InChI=1S/C16H17IN2O2/c1-12(14-4-6-15(17)7-5-14)18-11-10-13-2-8-16(9-3-13)19(20)21/h2-9,12,18H,10-11H2,1H3. The summed E-state index contributed by atoms with van der Waals surface area (Å²) in [5.41, 5.74) is 2.50. The van der Waals surface area contributed by atoms with Gasteiger partial charge < -0.3 is 5.32 Å². The van der Waals surface area contributed by atoms with Crippen LogP contribution in [0.2, 0.25) is 0 Å². The summed E-state index contributed by atoms with van der Waals surface area (Å²) >= 11 is 2.30. The highest BCUT2D eigenvalue weighted by Crippen LogP contribution is 2.15. The molecule has 0 saturated carbocycles. The lowest BCUT2D eigenvalue weighted by atomic mass is 10.1. The zero-order valence-corrected chi connectivity index (χ0v) is 13.9. The number of nitro groups is 1. The molecule has 0 aliphatic carbocycles. The summed E-state index contributed by atoms with van der Waals surface area (Å²) in [6, 6.07) is 15.5. The number of hydrogen-bond acceptors (Lipinski definition) is 3. The van der Waals surface area contributed by atoms with Crippen LogP contribution in [-0.2, 0) is 6.42 Å². The Hall–Kier alpha value is -1.47. The number of halogens is 1. The third kappa shape index (κ3) is 4.78. The topological polar surface area (TPSA) is 55.2 Å². The van der Waals surface area contributed by atoms with Gasteiger partial charge in [0, 0.05) is 21.7 Å². The van der Waals surface area contributed by atoms with Crippen LogP contribution in [0.5, 0.6) is 0 Å². The number of nitrogens with one attached hydrogen (secondary N) is 1. The van der Waals surface area contributed by atoms with Crippen molar-refractivity contribution in [3.8, 4) is 0 Å². The molecule has 2 aromatic rings. The fourth-order valence-electron chi connectivity index (χ4n) is 2.09. The van der Waals surface area contributed by atoms with Gasteiger partial charge in [-0.15, -0.1) is 0 Å². The number of nitrogens with zero attached hydrogens (tertiary/aromatic N) is 1. The number of non-ortho nitro benzene ring substituents is 1. The molecule has 0 aromatic heterocycles. The van der Waals surface area contributed by atoms with Crippen molar-refractivity contribution in [1.29, 1.82) is 0 Å². The average Bonchev–Trinajstić information content (AvgIpc) is 2.48. The Morgan fingerprint density at radius 2 is 1.76 bits per heavy atom. The molecule has 1 N–H and O–H groups in total. The van der Waals surface area contributed by atoms with Gasteiger partial charge in [-0.3, -0.25) is 10.1 Å². The van der Waals surface area contributed by atoms with Crippen LogP contribution in [0.15, 0.2) is 48.5 Å². The molecule has 4 nitrogen and oxygen atoms in total. The predicted molar refractivity (Wildman–Crippen MR) is 92.4 cm³/mol. The van der Waals surface area contributed by atoms with E-state index in [0.717, 1.165) is 18.5 Å². The van der Waals surface area contributed by atoms with Crippen molar-refractivity contribution in [2.45, 2.75) is 19.4 Å². The molecule has 1 unspecified atom stereocenters. The van der Waals surface area contributed by atoms with Crippen molar-refractivity contribution in [2.24, 2.45) is 0 Å². The van der Waals surface area contributed by atoms with Crippen LogP contribution in [0.1, 0.15) is 24.1 Å². The van der Waals surface area contributed by atoms with Gasteiger partial charge in [-0.2, -0.15) is 0 Å². The van der Waals surface area contributed by atoms with Crippen molar-refractivity contribution >= 4 is 28.3 Å². The second-order valence-electron chi connectivity index (χ2n) is 4.90. The SMILES string of the molecule is CC(NCCc1ccc([N+](=O)[O-])cc1)c1ccc(I)cc1. The van der Waals surface area contributed by atoms with Crippen LogP contribution in [-0.4, -0.2) is 11.5 Å². The lowest BCUT2D eigenvalue weighted by molar-refractivity contribution is -0.384. The van der Waals surface area contributed by atoms with Crippen molar-refractivity contribution in [1.82, 2.24) is 5.32 Å². The van der Waals surface area contributed by atoms with Crippen molar-refractivity contribution in [3.63, 3.8) is 0 Å². The smallest absolute Gasteiger partial charge is 0.269 e. The average molecular weight is 396 g/mol. The van der Waals surface area contributed by atoms with Crippen LogP contribution in [0.25, 0.3) is 0 Å². The molecule has 5 heteroatoms. The van der Waals surface area contributed by atoms with Gasteiger partial charge >= 0.3 is 0 Å². The van der Waals surface area contributed by atoms with Crippen LogP contribution < -0.4 is 5.32 Å². The normalized spacial score (nSPS) is 12.1. The lowest BCUT2D eigenvalue weighted by Gasteiger charge is -2.14. The number of benzene rings is 2. The minimum Gasteiger partial charge on any atom is -0.310 e. The van der Waals surface area contributed by atoms with E-state index in [-0.39, 0.29) is 10.6 Å². The fourth-order valence-corrected chi connectivity index (χ4v) is 2.45. The Labute approximate surface area is 137 Å². The fraction of sp³-hybridized carbons (Fsp3) is 0.250. The lowest BCUT2D eigenvalue weighted by Crippen LogP contribution is -2.21. The van der Waals surface area contributed by atoms with Gasteiger partial charge in [-0.25, -0.2) is 0 Å². The first-order chi connectivity index (χ1) is 10.1. The van der Waals surface area contributed by atoms with Gasteiger partial charge in [-0.05, 0) is 65.7 Å². The van der Waals surface area contributed by atoms with E-state index in [1.54, 1.807) is 12.1 Å². The van der Waals surface area contributed by atoms with Crippen LogP contribution >= 0.6 is 22.6 Å². The van der Waals surface area contributed by atoms with Crippen LogP contribution in [0, 0.1) is 13.7 Å². The molecule has 1 atom stereocenters. The number of nitro benzene ring substituents is 1. The first-order valence-electron chi connectivity index (χ1n) is 6.78.